The zero-order valence-electron chi connectivity index (χ0n) is 12.9. The second-order valence-corrected chi connectivity index (χ2v) is 5.58. The molecule has 0 saturated carbocycles. The van der Waals surface area contributed by atoms with E-state index in [9.17, 15) is 4.79 Å². The van der Waals surface area contributed by atoms with Gasteiger partial charge in [-0.05, 0) is 30.7 Å². The summed E-state index contributed by atoms with van der Waals surface area (Å²) in [4.78, 5) is 17.0. The van der Waals surface area contributed by atoms with E-state index in [0.717, 1.165) is 11.4 Å². The zero-order chi connectivity index (χ0) is 15.7. The van der Waals surface area contributed by atoms with Gasteiger partial charge in [0.2, 0.25) is 0 Å². The van der Waals surface area contributed by atoms with Crippen LogP contribution in [0.3, 0.4) is 0 Å². The zero-order valence-corrected chi connectivity index (χ0v) is 12.9. The molecule has 1 amide bonds. The maximum Gasteiger partial charge on any atom is 0.256 e. The second-order valence-electron chi connectivity index (χ2n) is 5.58. The molecule has 0 spiro atoms. The number of carbonyl (C=O) groups excluding carboxylic acids is 1. The van der Waals surface area contributed by atoms with Gasteiger partial charge >= 0.3 is 0 Å². The third-order valence-electron chi connectivity index (χ3n) is 3.53. The molecule has 0 aliphatic carbocycles. The molecule has 2 heterocycles. The lowest BCUT2D eigenvalue weighted by molar-refractivity contribution is 0.102. The van der Waals surface area contributed by atoms with Crippen LogP contribution in [0.15, 0.2) is 42.6 Å². The fourth-order valence-electron chi connectivity index (χ4n) is 2.28. The SMILES string of the molecule is Cc1ccccc1C(=O)Nc1cccn2nc(C(C)C)nc12. The van der Waals surface area contributed by atoms with Gasteiger partial charge in [-0.25, -0.2) is 9.50 Å². The molecule has 0 saturated heterocycles. The van der Waals surface area contributed by atoms with Gasteiger partial charge in [0.25, 0.3) is 5.91 Å². The van der Waals surface area contributed by atoms with Crippen molar-refractivity contribution in [1.29, 1.82) is 0 Å². The van der Waals surface area contributed by atoms with E-state index in [1.807, 2.05) is 63.4 Å². The summed E-state index contributed by atoms with van der Waals surface area (Å²) < 4.78 is 1.70. The normalized spacial score (nSPS) is 11.1. The fraction of sp³-hybridized carbons (Fsp3) is 0.235. The van der Waals surface area contributed by atoms with Crippen LogP contribution in [-0.2, 0) is 0 Å². The average Bonchev–Trinajstić information content (AvgIpc) is 2.93. The molecule has 0 atom stereocenters. The smallest absolute Gasteiger partial charge is 0.256 e. The number of hydrogen-bond donors (Lipinski definition) is 1. The molecule has 0 aliphatic heterocycles. The highest BCUT2D eigenvalue weighted by Gasteiger charge is 2.14. The minimum Gasteiger partial charge on any atom is -0.319 e. The van der Waals surface area contributed by atoms with Crippen molar-refractivity contribution in [3.63, 3.8) is 0 Å². The van der Waals surface area contributed by atoms with Crippen LogP contribution < -0.4 is 5.32 Å². The van der Waals surface area contributed by atoms with Crippen LogP contribution in [0.1, 0.15) is 41.5 Å². The first-order valence-electron chi connectivity index (χ1n) is 7.28. The highest BCUT2D eigenvalue weighted by atomic mass is 16.1. The number of pyridine rings is 1. The molecule has 0 aliphatic rings. The first-order chi connectivity index (χ1) is 10.6. The summed E-state index contributed by atoms with van der Waals surface area (Å²) in [6, 6.07) is 11.2. The Morgan fingerprint density at radius 1 is 1.18 bits per heavy atom. The lowest BCUT2D eigenvalue weighted by atomic mass is 10.1. The monoisotopic (exact) mass is 294 g/mol. The quantitative estimate of drug-likeness (QED) is 0.805. The van der Waals surface area contributed by atoms with Crippen LogP contribution in [0, 0.1) is 6.92 Å². The van der Waals surface area contributed by atoms with Gasteiger partial charge in [-0.15, -0.1) is 0 Å². The molecule has 5 heteroatoms. The Morgan fingerprint density at radius 3 is 2.68 bits per heavy atom. The van der Waals surface area contributed by atoms with Crippen LogP contribution in [0.5, 0.6) is 0 Å². The van der Waals surface area contributed by atoms with E-state index in [2.05, 4.69) is 15.4 Å². The number of rotatable bonds is 3. The topological polar surface area (TPSA) is 59.3 Å². The van der Waals surface area contributed by atoms with Crippen LogP contribution in [0.4, 0.5) is 5.69 Å². The van der Waals surface area contributed by atoms with Crippen LogP contribution in [0.25, 0.3) is 5.65 Å². The predicted octanol–water partition coefficient (Wildman–Crippen LogP) is 3.41. The molecule has 5 nitrogen and oxygen atoms in total. The van der Waals surface area contributed by atoms with Crippen LogP contribution in [-0.4, -0.2) is 20.5 Å². The largest absolute Gasteiger partial charge is 0.319 e. The van der Waals surface area contributed by atoms with Gasteiger partial charge in [0, 0.05) is 17.7 Å². The van der Waals surface area contributed by atoms with Crippen molar-refractivity contribution >= 4 is 17.2 Å². The summed E-state index contributed by atoms with van der Waals surface area (Å²) >= 11 is 0. The van der Waals surface area contributed by atoms with E-state index in [4.69, 9.17) is 0 Å². The van der Waals surface area contributed by atoms with Crippen molar-refractivity contribution in [2.45, 2.75) is 26.7 Å². The third kappa shape index (κ3) is 2.57. The maximum absolute atomic E-state index is 12.5. The number of aromatic nitrogens is 3. The van der Waals surface area contributed by atoms with Gasteiger partial charge in [0.15, 0.2) is 11.5 Å². The molecule has 0 unspecified atom stereocenters. The maximum atomic E-state index is 12.5. The number of nitrogens with zero attached hydrogens (tertiary/aromatic N) is 3. The number of hydrogen-bond acceptors (Lipinski definition) is 3. The molecule has 0 bridgehead atoms. The molecular weight excluding hydrogens is 276 g/mol. The van der Waals surface area contributed by atoms with Crippen molar-refractivity contribution < 1.29 is 4.79 Å². The minimum atomic E-state index is -0.139. The highest BCUT2D eigenvalue weighted by Crippen LogP contribution is 2.19. The standard InChI is InChI=1S/C17H18N4O/c1-11(2)15-19-16-14(9-6-10-21(16)20-15)18-17(22)13-8-5-4-7-12(13)3/h4-11H,1-3H3,(H,18,22). The lowest BCUT2D eigenvalue weighted by Gasteiger charge is -2.07. The van der Waals surface area contributed by atoms with Crippen molar-refractivity contribution in [3.05, 3.63) is 59.5 Å². The van der Waals surface area contributed by atoms with Crippen molar-refractivity contribution in [2.24, 2.45) is 0 Å². The molecule has 3 aromatic rings. The molecule has 2 aromatic heterocycles. The Kier molecular flexibility index (Phi) is 3.63. The number of nitrogens with one attached hydrogen (secondary N) is 1. The van der Waals surface area contributed by atoms with Gasteiger partial charge in [0.05, 0.1) is 5.69 Å². The van der Waals surface area contributed by atoms with E-state index in [1.165, 1.54) is 0 Å². The van der Waals surface area contributed by atoms with Crippen molar-refractivity contribution in [1.82, 2.24) is 14.6 Å². The third-order valence-corrected chi connectivity index (χ3v) is 3.53. The summed E-state index contributed by atoms with van der Waals surface area (Å²) in [5, 5.41) is 7.36. The Hall–Kier alpha value is -2.69. The number of aryl methyl sites for hydroxylation is 1. The molecular formula is C17H18N4O. The second kappa shape index (κ2) is 5.60. The van der Waals surface area contributed by atoms with E-state index in [0.29, 0.717) is 16.9 Å². The molecule has 1 N–H and O–H groups in total. The van der Waals surface area contributed by atoms with Gasteiger partial charge in [-0.3, -0.25) is 4.79 Å². The van der Waals surface area contributed by atoms with Crippen LogP contribution >= 0.6 is 0 Å². The summed E-state index contributed by atoms with van der Waals surface area (Å²) in [5.74, 6) is 0.859. The Bertz CT molecular complexity index is 836. The summed E-state index contributed by atoms with van der Waals surface area (Å²) in [5.41, 5.74) is 2.92. The van der Waals surface area contributed by atoms with E-state index in [1.54, 1.807) is 4.52 Å². The highest BCUT2D eigenvalue weighted by molar-refractivity contribution is 6.06. The molecule has 0 radical (unpaired) electrons. The predicted molar refractivity (Wildman–Crippen MR) is 86.2 cm³/mol. The van der Waals surface area contributed by atoms with Gasteiger partial charge < -0.3 is 5.32 Å². The molecule has 22 heavy (non-hydrogen) atoms. The van der Waals surface area contributed by atoms with Gasteiger partial charge in [-0.2, -0.15) is 5.10 Å². The molecule has 0 fully saturated rings. The number of amides is 1. The summed E-state index contributed by atoms with van der Waals surface area (Å²) in [6.07, 6.45) is 1.83. The molecule has 112 valence electrons. The van der Waals surface area contributed by atoms with E-state index in [-0.39, 0.29) is 11.8 Å². The van der Waals surface area contributed by atoms with Crippen molar-refractivity contribution in [3.8, 4) is 0 Å². The summed E-state index contributed by atoms with van der Waals surface area (Å²) in [7, 11) is 0. The Balaban J connectivity index is 1.97. The minimum absolute atomic E-state index is 0.139. The number of fused-ring (bicyclic) bond motifs is 1. The molecule has 3 rings (SSSR count). The first-order valence-corrected chi connectivity index (χ1v) is 7.28. The number of benzene rings is 1. The fourth-order valence-corrected chi connectivity index (χ4v) is 2.28. The van der Waals surface area contributed by atoms with Gasteiger partial charge in [-0.1, -0.05) is 32.0 Å². The number of carbonyl (C=O) groups is 1. The van der Waals surface area contributed by atoms with E-state index >= 15 is 0 Å². The van der Waals surface area contributed by atoms with Crippen molar-refractivity contribution in [2.75, 3.05) is 5.32 Å². The van der Waals surface area contributed by atoms with Crippen LogP contribution in [0.2, 0.25) is 0 Å². The van der Waals surface area contributed by atoms with Gasteiger partial charge in [0.1, 0.15) is 0 Å². The summed E-state index contributed by atoms with van der Waals surface area (Å²) in [6.45, 7) is 6.00. The average molecular weight is 294 g/mol. The molecule has 1 aromatic carbocycles. The lowest BCUT2D eigenvalue weighted by Crippen LogP contribution is -2.14. The number of anilines is 1. The Labute approximate surface area is 129 Å². The Morgan fingerprint density at radius 2 is 1.95 bits per heavy atom. The van der Waals surface area contributed by atoms with E-state index < -0.39 is 0 Å². The first kappa shape index (κ1) is 14.3.